The fraction of sp³-hybridized carbons (Fsp3) is 0.333. The summed E-state index contributed by atoms with van der Waals surface area (Å²) in [6.45, 7) is 0. The maximum atomic E-state index is 13.7. The van der Waals surface area contributed by atoms with E-state index in [1.54, 1.807) is 0 Å². The average Bonchev–Trinajstić information content (AvgIpc) is 3.30. The molecular formula is C36H29NO2. The van der Waals surface area contributed by atoms with Crippen LogP contribution in [0.3, 0.4) is 0 Å². The standard InChI is InChI=1S/C36H29NO2/c38-35-20-9-5-18(6-10-20)24-14-26-27-13-22-3-1-2-4-23(22)33-30-15-25-19-7-11-21(12-8-19)36(39)29(25)17-32(30)37(34(27)33)31(26)16-28(24)35/h1-4,13-21H,5-12H2. The number of rotatable bonds is 0. The highest BCUT2D eigenvalue weighted by Crippen LogP contribution is 2.50. The van der Waals surface area contributed by atoms with Gasteiger partial charge in [-0.25, -0.2) is 0 Å². The molecular weight excluding hydrogens is 478 g/mol. The maximum absolute atomic E-state index is 13.7. The number of Topliss-reactive ketones (excluding diaryl/α,β-unsaturated/α-hetero) is 2. The zero-order chi connectivity index (χ0) is 25.6. The minimum atomic E-state index is 0.176. The molecule has 12 rings (SSSR count). The Balaban J connectivity index is 1.42. The van der Waals surface area contributed by atoms with Crippen LogP contribution in [0.4, 0.5) is 0 Å². The summed E-state index contributed by atoms with van der Waals surface area (Å²) in [5.41, 5.74) is 7.95. The Labute approximate surface area is 226 Å². The molecule has 0 amide bonds. The van der Waals surface area contributed by atoms with Gasteiger partial charge in [0.1, 0.15) is 0 Å². The number of ketones is 2. The summed E-state index contributed by atoms with van der Waals surface area (Å²) in [5, 5.41) is 7.60. The van der Waals surface area contributed by atoms with Crippen molar-refractivity contribution in [3.8, 4) is 0 Å². The molecule has 0 saturated heterocycles. The number of benzene rings is 4. The first-order valence-corrected chi connectivity index (χ1v) is 15.0. The zero-order valence-electron chi connectivity index (χ0n) is 21.9. The van der Waals surface area contributed by atoms with Gasteiger partial charge in [-0.1, -0.05) is 24.3 Å². The minimum absolute atomic E-state index is 0.176. The van der Waals surface area contributed by atoms with E-state index < -0.39 is 0 Å². The van der Waals surface area contributed by atoms with E-state index >= 15 is 0 Å². The van der Waals surface area contributed by atoms with Crippen LogP contribution in [-0.2, 0) is 0 Å². The summed E-state index contributed by atoms with van der Waals surface area (Å²) in [5.74, 6) is 2.03. The van der Waals surface area contributed by atoms with E-state index in [4.69, 9.17) is 0 Å². The van der Waals surface area contributed by atoms with Crippen molar-refractivity contribution in [3.05, 3.63) is 76.9 Å². The van der Waals surface area contributed by atoms with E-state index in [1.165, 1.54) is 49.0 Å². The van der Waals surface area contributed by atoms with Gasteiger partial charge in [0, 0.05) is 44.5 Å². The number of carbonyl (C=O) groups is 2. The van der Waals surface area contributed by atoms with Gasteiger partial charge in [0.05, 0.1) is 16.6 Å². The zero-order valence-corrected chi connectivity index (χ0v) is 21.9. The Morgan fingerprint density at radius 2 is 1.08 bits per heavy atom. The number of aromatic nitrogens is 1. The van der Waals surface area contributed by atoms with Crippen LogP contribution in [0.2, 0.25) is 0 Å². The summed E-state index contributed by atoms with van der Waals surface area (Å²) in [6, 6.07) is 20.3. The predicted octanol–water partition coefficient (Wildman–Crippen LogP) is 8.93. The van der Waals surface area contributed by atoms with Crippen LogP contribution < -0.4 is 0 Å². The van der Waals surface area contributed by atoms with Crippen molar-refractivity contribution in [1.29, 1.82) is 0 Å². The third-order valence-corrected chi connectivity index (χ3v) is 11.2. The van der Waals surface area contributed by atoms with Crippen molar-refractivity contribution >= 4 is 60.4 Å². The predicted molar refractivity (Wildman–Crippen MR) is 157 cm³/mol. The average molecular weight is 508 g/mol. The van der Waals surface area contributed by atoms with E-state index in [9.17, 15) is 9.59 Å². The first-order valence-electron chi connectivity index (χ1n) is 15.0. The Kier molecular flexibility index (Phi) is 3.83. The molecule has 4 aromatic carbocycles. The second-order valence-corrected chi connectivity index (χ2v) is 12.9. The maximum Gasteiger partial charge on any atom is 0.166 e. The lowest BCUT2D eigenvalue weighted by Gasteiger charge is -2.22. The molecule has 0 N–H and O–H groups in total. The second-order valence-electron chi connectivity index (χ2n) is 12.9. The second kappa shape index (κ2) is 7.07. The van der Waals surface area contributed by atoms with Crippen LogP contribution in [0.15, 0.2) is 54.6 Å². The van der Waals surface area contributed by atoms with Gasteiger partial charge in [0.25, 0.3) is 0 Å². The van der Waals surface area contributed by atoms with Gasteiger partial charge in [0.15, 0.2) is 11.6 Å². The largest absolute Gasteiger partial charge is 0.308 e. The van der Waals surface area contributed by atoms with Crippen molar-refractivity contribution in [2.45, 2.75) is 63.2 Å². The molecule has 39 heavy (non-hydrogen) atoms. The number of carbonyl (C=O) groups excluding carboxylic acids is 2. The molecule has 0 spiro atoms. The summed E-state index contributed by atoms with van der Waals surface area (Å²) in [7, 11) is 0. The van der Waals surface area contributed by atoms with Crippen LogP contribution in [-0.4, -0.2) is 16.0 Å². The van der Waals surface area contributed by atoms with Gasteiger partial charge in [-0.05, 0) is 115 Å². The molecule has 3 heteroatoms. The Hall–Kier alpha value is -3.72. The number of fused-ring (bicyclic) bond motifs is 12. The summed E-state index contributed by atoms with van der Waals surface area (Å²) < 4.78 is 2.41. The molecule has 0 aliphatic heterocycles. The fourth-order valence-electron chi connectivity index (χ4n) is 9.29. The molecule has 2 saturated carbocycles. The van der Waals surface area contributed by atoms with Gasteiger partial charge in [-0.15, -0.1) is 0 Å². The van der Waals surface area contributed by atoms with E-state index in [0.717, 1.165) is 73.5 Å². The number of nitrogens with zero attached hydrogens (tertiary/aromatic N) is 1. The molecule has 6 aliphatic rings. The lowest BCUT2D eigenvalue weighted by Crippen LogP contribution is -2.15. The lowest BCUT2D eigenvalue weighted by molar-refractivity contribution is 0.0891. The van der Waals surface area contributed by atoms with Crippen LogP contribution in [0.25, 0.3) is 48.9 Å². The van der Waals surface area contributed by atoms with Crippen molar-refractivity contribution in [3.63, 3.8) is 0 Å². The van der Waals surface area contributed by atoms with E-state index in [2.05, 4.69) is 59.0 Å². The molecule has 190 valence electrons. The molecule has 2 aromatic heterocycles. The first kappa shape index (κ1) is 21.1. The Morgan fingerprint density at radius 3 is 1.72 bits per heavy atom. The van der Waals surface area contributed by atoms with Crippen LogP contribution >= 0.6 is 0 Å². The quantitative estimate of drug-likeness (QED) is 0.206. The molecule has 0 unspecified atom stereocenters. The summed E-state index contributed by atoms with van der Waals surface area (Å²) >= 11 is 0. The van der Waals surface area contributed by atoms with Gasteiger partial charge < -0.3 is 4.40 Å². The van der Waals surface area contributed by atoms with Crippen molar-refractivity contribution < 1.29 is 9.59 Å². The summed E-state index contributed by atoms with van der Waals surface area (Å²) in [6.07, 6.45) is 8.60. The minimum Gasteiger partial charge on any atom is -0.308 e. The summed E-state index contributed by atoms with van der Waals surface area (Å²) in [4.78, 5) is 27.4. The molecule has 2 heterocycles. The van der Waals surface area contributed by atoms with E-state index in [0.29, 0.717) is 23.4 Å². The van der Waals surface area contributed by atoms with E-state index in [-0.39, 0.29) is 11.8 Å². The molecule has 0 radical (unpaired) electrons. The molecule has 6 aromatic rings. The third-order valence-electron chi connectivity index (χ3n) is 11.2. The Bertz CT molecular complexity index is 2080. The number of hydrogen-bond acceptors (Lipinski definition) is 2. The highest BCUT2D eigenvalue weighted by atomic mass is 16.1. The normalized spacial score (nSPS) is 26.3. The van der Waals surface area contributed by atoms with Gasteiger partial charge >= 0.3 is 0 Å². The molecule has 6 aliphatic carbocycles. The lowest BCUT2D eigenvalue weighted by atomic mass is 9.82. The SMILES string of the molecule is O=C1c2cc3c(cc2C2CCC1CC2)c1cc2ccccc2c2c4cc5c(cc4n3c12)C(=O)C1CCC5CC1. The molecule has 0 atom stereocenters. The van der Waals surface area contributed by atoms with Crippen molar-refractivity contribution in [1.82, 2.24) is 4.40 Å². The number of hydrogen-bond donors (Lipinski definition) is 0. The third kappa shape index (κ3) is 2.51. The van der Waals surface area contributed by atoms with Gasteiger partial charge in [-0.3, -0.25) is 9.59 Å². The van der Waals surface area contributed by atoms with Crippen LogP contribution in [0.5, 0.6) is 0 Å². The van der Waals surface area contributed by atoms with Crippen LogP contribution in [0.1, 0.15) is 95.0 Å². The van der Waals surface area contributed by atoms with Gasteiger partial charge in [0.2, 0.25) is 0 Å². The molecule has 3 nitrogen and oxygen atoms in total. The van der Waals surface area contributed by atoms with E-state index in [1.807, 2.05) is 0 Å². The molecule has 4 bridgehead atoms. The first-order chi connectivity index (χ1) is 19.2. The van der Waals surface area contributed by atoms with Gasteiger partial charge in [-0.2, -0.15) is 0 Å². The Morgan fingerprint density at radius 1 is 0.538 bits per heavy atom. The van der Waals surface area contributed by atoms with Crippen molar-refractivity contribution in [2.75, 3.05) is 0 Å². The topological polar surface area (TPSA) is 38.5 Å². The highest BCUT2D eigenvalue weighted by molar-refractivity contribution is 6.32. The fourth-order valence-corrected chi connectivity index (χ4v) is 9.29. The smallest absolute Gasteiger partial charge is 0.166 e. The van der Waals surface area contributed by atoms with Crippen molar-refractivity contribution in [2.24, 2.45) is 11.8 Å². The molecule has 2 fully saturated rings. The van der Waals surface area contributed by atoms with Crippen LogP contribution in [0, 0.1) is 11.8 Å². The highest BCUT2D eigenvalue weighted by Gasteiger charge is 2.38. The monoisotopic (exact) mass is 507 g/mol.